The number of rotatable bonds is 3. The van der Waals surface area contributed by atoms with E-state index in [0.717, 1.165) is 0 Å². The van der Waals surface area contributed by atoms with Gasteiger partial charge in [-0.2, -0.15) is 0 Å². The lowest BCUT2D eigenvalue weighted by Crippen LogP contribution is -2.41. The monoisotopic (exact) mass is 147 g/mol. The summed E-state index contributed by atoms with van der Waals surface area (Å²) in [5, 5.41) is 8.96. The maximum atomic E-state index is 10.3. The van der Waals surface area contributed by atoms with E-state index in [9.17, 15) is 9.59 Å². The zero-order valence-corrected chi connectivity index (χ0v) is 5.28. The minimum Gasteiger partial charge on any atom is -0.303 e. The van der Waals surface area contributed by atoms with E-state index in [1.165, 1.54) is 0 Å². The fourth-order valence-corrected chi connectivity index (χ4v) is 0.351. The molecule has 0 aromatic carbocycles. The Balaban J connectivity index is 3.50. The lowest BCUT2D eigenvalue weighted by Gasteiger charge is -2.10. The molecule has 0 unspecified atom stereocenters. The fourth-order valence-electron chi connectivity index (χ4n) is 0.351. The SMILES string of the molecule is NNC(=O)N(O)CCC=O. The van der Waals surface area contributed by atoms with Gasteiger partial charge in [-0.15, -0.1) is 0 Å². The summed E-state index contributed by atoms with van der Waals surface area (Å²) in [5.74, 6) is 4.66. The summed E-state index contributed by atoms with van der Waals surface area (Å²) in [4.78, 5) is 20.1. The van der Waals surface area contributed by atoms with Crippen LogP contribution in [0.2, 0.25) is 0 Å². The molecule has 6 heteroatoms. The van der Waals surface area contributed by atoms with Gasteiger partial charge in [-0.05, 0) is 0 Å². The molecule has 0 spiro atoms. The van der Waals surface area contributed by atoms with Gasteiger partial charge in [0.2, 0.25) is 0 Å². The molecule has 0 radical (unpaired) electrons. The average molecular weight is 147 g/mol. The van der Waals surface area contributed by atoms with Crippen LogP contribution in [0, 0.1) is 0 Å². The number of nitrogens with one attached hydrogen (secondary N) is 1. The van der Waals surface area contributed by atoms with Crippen LogP contribution in [0.5, 0.6) is 0 Å². The molecule has 0 aliphatic carbocycles. The number of urea groups is 1. The van der Waals surface area contributed by atoms with Gasteiger partial charge in [-0.1, -0.05) is 0 Å². The zero-order chi connectivity index (χ0) is 7.98. The molecule has 58 valence electrons. The molecule has 0 aliphatic heterocycles. The van der Waals surface area contributed by atoms with Crippen molar-refractivity contribution in [2.45, 2.75) is 6.42 Å². The number of hydrazine groups is 1. The second-order valence-electron chi connectivity index (χ2n) is 1.53. The van der Waals surface area contributed by atoms with E-state index >= 15 is 0 Å². The number of nitrogens with zero attached hydrogens (tertiary/aromatic N) is 1. The fraction of sp³-hybridized carbons (Fsp3) is 0.500. The van der Waals surface area contributed by atoms with Gasteiger partial charge in [-0.3, -0.25) is 10.6 Å². The van der Waals surface area contributed by atoms with Crippen LogP contribution in [-0.4, -0.2) is 29.1 Å². The summed E-state index contributed by atoms with van der Waals surface area (Å²) in [6.07, 6.45) is 0.678. The molecular weight excluding hydrogens is 138 g/mol. The van der Waals surface area contributed by atoms with Gasteiger partial charge in [0.25, 0.3) is 0 Å². The predicted molar refractivity (Wildman–Crippen MR) is 31.9 cm³/mol. The molecule has 2 amide bonds. The average Bonchev–Trinajstić information content (AvgIpc) is 1.98. The number of carbonyl (C=O) groups excluding carboxylic acids is 2. The van der Waals surface area contributed by atoms with E-state index in [2.05, 4.69) is 5.84 Å². The molecule has 0 aromatic rings. The largest absolute Gasteiger partial charge is 0.355 e. The van der Waals surface area contributed by atoms with E-state index in [4.69, 9.17) is 5.21 Å². The van der Waals surface area contributed by atoms with Crippen molar-refractivity contribution >= 4 is 12.3 Å². The van der Waals surface area contributed by atoms with Gasteiger partial charge in [0.1, 0.15) is 6.29 Å². The van der Waals surface area contributed by atoms with E-state index in [-0.39, 0.29) is 13.0 Å². The molecule has 0 saturated heterocycles. The van der Waals surface area contributed by atoms with Gasteiger partial charge >= 0.3 is 6.03 Å². The maximum Gasteiger partial charge on any atom is 0.355 e. The Morgan fingerprint density at radius 1 is 1.80 bits per heavy atom. The van der Waals surface area contributed by atoms with E-state index in [1.54, 1.807) is 5.43 Å². The van der Waals surface area contributed by atoms with E-state index in [1.807, 2.05) is 0 Å². The standard InChI is InChI=1S/C4H9N3O3/c5-6-4(9)7(10)2-1-3-8/h3,10H,1-2,5H2,(H,6,9). The third kappa shape index (κ3) is 3.00. The van der Waals surface area contributed by atoms with Gasteiger partial charge in [-0.25, -0.2) is 15.7 Å². The molecule has 6 nitrogen and oxygen atoms in total. The van der Waals surface area contributed by atoms with Crippen LogP contribution in [0.4, 0.5) is 4.79 Å². The molecular formula is C4H9N3O3. The lowest BCUT2D eigenvalue weighted by atomic mass is 10.5. The second-order valence-corrected chi connectivity index (χ2v) is 1.53. The van der Waals surface area contributed by atoms with Crippen LogP contribution in [0.25, 0.3) is 0 Å². The molecule has 0 bridgehead atoms. The molecule has 0 aliphatic rings. The Bertz CT molecular complexity index is 127. The van der Waals surface area contributed by atoms with Crippen LogP contribution in [0.3, 0.4) is 0 Å². The number of hydroxylamine groups is 2. The van der Waals surface area contributed by atoms with Crippen molar-refractivity contribution in [3.05, 3.63) is 0 Å². The third-order valence-corrected chi connectivity index (χ3v) is 0.817. The molecule has 0 rings (SSSR count). The van der Waals surface area contributed by atoms with Crippen LogP contribution in [-0.2, 0) is 4.79 Å². The molecule has 0 fully saturated rings. The summed E-state index contributed by atoms with van der Waals surface area (Å²) in [5.41, 5.74) is 1.69. The van der Waals surface area contributed by atoms with Gasteiger partial charge in [0, 0.05) is 6.42 Å². The third-order valence-electron chi connectivity index (χ3n) is 0.817. The molecule has 10 heavy (non-hydrogen) atoms. The Morgan fingerprint density at radius 3 is 2.80 bits per heavy atom. The highest BCUT2D eigenvalue weighted by Gasteiger charge is 2.05. The Kier molecular flexibility index (Phi) is 4.17. The Hall–Kier alpha value is -1.14. The zero-order valence-electron chi connectivity index (χ0n) is 5.28. The van der Waals surface area contributed by atoms with Crippen molar-refractivity contribution in [1.82, 2.24) is 10.5 Å². The minimum atomic E-state index is -0.832. The van der Waals surface area contributed by atoms with E-state index in [0.29, 0.717) is 11.3 Å². The van der Waals surface area contributed by atoms with E-state index < -0.39 is 6.03 Å². The van der Waals surface area contributed by atoms with Gasteiger partial charge < -0.3 is 4.79 Å². The normalized spacial score (nSPS) is 8.60. The van der Waals surface area contributed by atoms with Crippen molar-refractivity contribution < 1.29 is 14.8 Å². The van der Waals surface area contributed by atoms with Crippen molar-refractivity contribution in [3.63, 3.8) is 0 Å². The van der Waals surface area contributed by atoms with Gasteiger partial charge in [0.05, 0.1) is 6.54 Å². The summed E-state index contributed by atoms with van der Waals surface area (Å²) >= 11 is 0. The highest BCUT2D eigenvalue weighted by molar-refractivity contribution is 5.72. The number of aldehydes is 1. The van der Waals surface area contributed by atoms with Crippen molar-refractivity contribution in [3.8, 4) is 0 Å². The van der Waals surface area contributed by atoms with Gasteiger partial charge in [0.15, 0.2) is 0 Å². The summed E-state index contributed by atoms with van der Waals surface area (Å²) < 4.78 is 0. The smallest absolute Gasteiger partial charge is 0.303 e. The first-order chi connectivity index (χ1) is 4.72. The molecule has 0 saturated carbocycles. The maximum absolute atomic E-state index is 10.3. The van der Waals surface area contributed by atoms with Crippen molar-refractivity contribution in [2.75, 3.05) is 6.54 Å². The number of hydrogen-bond acceptors (Lipinski definition) is 4. The minimum absolute atomic E-state index is 0.0491. The summed E-state index contributed by atoms with van der Waals surface area (Å²) in [7, 11) is 0. The van der Waals surface area contributed by atoms with Crippen LogP contribution < -0.4 is 11.3 Å². The lowest BCUT2D eigenvalue weighted by molar-refractivity contribution is -0.110. The summed E-state index contributed by atoms with van der Waals surface area (Å²) in [6.45, 7) is -0.0491. The van der Waals surface area contributed by atoms with Crippen LogP contribution in [0.15, 0.2) is 0 Å². The molecule has 0 heterocycles. The number of hydrogen-bond donors (Lipinski definition) is 3. The highest BCUT2D eigenvalue weighted by Crippen LogP contribution is 1.83. The molecule has 0 atom stereocenters. The first-order valence-corrected chi connectivity index (χ1v) is 2.63. The molecule has 4 N–H and O–H groups in total. The van der Waals surface area contributed by atoms with Crippen LogP contribution >= 0.6 is 0 Å². The van der Waals surface area contributed by atoms with Crippen molar-refractivity contribution in [1.29, 1.82) is 0 Å². The highest BCUT2D eigenvalue weighted by atomic mass is 16.5. The quantitative estimate of drug-likeness (QED) is 0.154. The number of amides is 2. The Labute approximate surface area is 57.5 Å². The van der Waals surface area contributed by atoms with Crippen molar-refractivity contribution in [2.24, 2.45) is 5.84 Å². The number of nitrogens with two attached hydrogens (primary N) is 1. The summed E-state index contributed by atoms with van der Waals surface area (Å²) in [6, 6.07) is -0.832. The first-order valence-electron chi connectivity index (χ1n) is 2.63. The Morgan fingerprint density at radius 2 is 2.40 bits per heavy atom. The number of carbonyl (C=O) groups is 2. The first kappa shape index (κ1) is 8.86. The topological polar surface area (TPSA) is 95.7 Å². The molecule has 0 aromatic heterocycles. The second kappa shape index (κ2) is 4.71. The van der Waals surface area contributed by atoms with Crippen LogP contribution in [0.1, 0.15) is 6.42 Å². The predicted octanol–water partition coefficient (Wildman–Crippen LogP) is -1.15.